The lowest BCUT2D eigenvalue weighted by Gasteiger charge is -2.15. The number of nitrogens with one attached hydrogen (secondary N) is 1. The van der Waals surface area contributed by atoms with Gasteiger partial charge < -0.3 is 10.1 Å². The summed E-state index contributed by atoms with van der Waals surface area (Å²) in [7, 11) is 0. The van der Waals surface area contributed by atoms with E-state index in [0.717, 1.165) is 10.5 Å². The fourth-order valence-corrected chi connectivity index (χ4v) is 2.36. The summed E-state index contributed by atoms with van der Waals surface area (Å²) in [5.41, 5.74) is 0.630. The van der Waals surface area contributed by atoms with Gasteiger partial charge >= 0.3 is 5.97 Å². The molecule has 0 saturated carbocycles. The summed E-state index contributed by atoms with van der Waals surface area (Å²) >= 11 is 11.7. The van der Waals surface area contributed by atoms with E-state index in [1.165, 1.54) is 0 Å². The highest BCUT2D eigenvalue weighted by Crippen LogP contribution is 2.24. The maximum Gasteiger partial charge on any atom is 0.325 e. The lowest BCUT2D eigenvalue weighted by atomic mass is 10.2. The number of ether oxygens (including phenoxy) is 1. The van der Waals surface area contributed by atoms with E-state index in [2.05, 4.69) is 5.32 Å². The smallest absolute Gasteiger partial charge is 0.325 e. The molecule has 0 radical (unpaired) electrons. The van der Waals surface area contributed by atoms with Gasteiger partial charge in [0, 0.05) is 5.02 Å². The van der Waals surface area contributed by atoms with E-state index in [-0.39, 0.29) is 30.4 Å². The average molecular weight is 357 g/mol. The molecular formula is C15H14Cl2N2O4. The second kappa shape index (κ2) is 7.48. The van der Waals surface area contributed by atoms with Crippen molar-refractivity contribution in [2.45, 2.75) is 13.5 Å². The summed E-state index contributed by atoms with van der Waals surface area (Å²) in [4.78, 5) is 36.7. The molecule has 1 aliphatic heterocycles. The van der Waals surface area contributed by atoms with Crippen LogP contribution >= 0.6 is 23.2 Å². The van der Waals surface area contributed by atoms with Crippen LogP contribution in [0, 0.1) is 0 Å². The van der Waals surface area contributed by atoms with E-state index in [0.29, 0.717) is 5.02 Å². The number of esters is 1. The Hall–Kier alpha value is -2.05. The molecule has 1 aromatic rings. The van der Waals surface area contributed by atoms with Gasteiger partial charge in [0.15, 0.2) is 0 Å². The summed E-state index contributed by atoms with van der Waals surface area (Å²) in [6, 6.07) is 6.75. The van der Waals surface area contributed by atoms with Crippen LogP contribution < -0.4 is 5.32 Å². The number of hydrogen-bond donors (Lipinski definition) is 1. The molecule has 0 unspecified atom stereocenters. The van der Waals surface area contributed by atoms with E-state index < -0.39 is 17.8 Å². The minimum absolute atomic E-state index is 0.0651. The molecule has 0 atom stereocenters. The number of carbonyl (C=O) groups is 3. The molecule has 1 aliphatic rings. The maximum atomic E-state index is 12.3. The third-order valence-corrected chi connectivity index (χ3v) is 3.68. The molecular weight excluding hydrogens is 343 g/mol. The van der Waals surface area contributed by atoms with Crippen molar-refractivity contribution in [2.75, 3.05) is 13.2 Å². The van der Waals surface area contributed by atoms with Crippen molar-refractivity contribution in [3.63, 3.8) is 0 Å². The second-order valence-electron chi connectivity index (χ2n) is 4.67. The first-order valence-electron chi connectivity index (χ1n) is 6.84. The summed E-state index contributed by atoms with van der Waals surface area (Å²) in [6.45, 7) is 1.72. The van der Waals surface area contributed by atoms with Gasteiger partial charge in [-0.15, -0.1) is 0 Å². The fourth-order valence-electron chi connectivity index (χ4n) is 1.99. The third-order valence-electron chi connectivity index (χ3n) is 3.08. The highest BCUT2D eigenvalue weighted by molar-refractivity contribution is 6.47. The van der Waals surface area contributed by atoms with Crippen LogP contribution in [-0.4, -0.2) is 35.8 Å². The van der Waals surface area contributed by atoms with E-state index in [9.17, 15) is 14.4 Å². The van der Waals surface area contributed by atoms with Crippen molar-refractivity contribution in [3.05, 3.63) is 45.6 Å². The number of carbonyl (C=O) groups excluding carboxylic acids is 3. The Bertz CT molecular complexity index is 671. The molecule has 0 aliphatic carbocycles. The maximum absolute atomic E-state index is 12.3. The fraction of sp³-hybridized carbons (Fsp3) is 0.267. The van der Waals surface area contributed by atoms with Gasteiger partial charge in [0.25, 0.3) is 11.8 Å². The van der Waals surface area contributed by atoms with Crippen molar-refractivity contribution in [2.24, 2.45) is 0 Å². The highest BCUT2D eigenvalue weighted by Gasteiger charge is 2.37. The van der Waals surface area contributed by atoms with Crippen molar-refractivity contribution in [1.82, 2.24) is 10.2 Å². The standard InChI is InChI=1S/C15H14Cl2N2O4/c1-2-23-11(20)7-18-13-12(17)14(21)19(15(13)22)8-9-3-5-10(16)6-4-9/h3-6,18H,2,7-8H2,1H3. The van der Waals surface area contributed by atoms with Gasteiger partial charge in [0.1, 0.15) is 17.3 Å². The van der Waals surface area contributed by atoms with Gasteiger partial charge in [-0.1, -0.05) is 35.3 Å². The van der Waals surface area contributed by atoms with Gasteiger partial charge in [0.2, 0.25) is 0 Å². The number of benzene rings is 1. The number of halogens is 2. The number of imide groups is 1. The Morgan fingerprint density at radius 3 is 2.43 bits per heavy atom. The Kier molecular flexibility index (Phi) is 5.63. The molecule has 1 aromatic carbocycles. The Morgan fingerprint density at radius 1 is 1.17 bits per heavy atom. The van der Waals surface area contributed by atoms with Crippen LogP contribution in [0.25, 0.3) is 0 Å². The van der Waals surface area contributed by atoms with Crippen molar-refractivity contribution in [1.29, 1.82) is 0 Å². The molecule has 0 fully saturated rings. The predicted molar refractivity (Wildman–Crippen MR) is 84.5 cm³/mol. The zero-order valence-corrected chi connectivity index (χ0v) is 13.8. The van der Waals surface area contributed by atoms with Crippen molar-refractivity contribution in [3.8, 4) is 0 Å². The summed E-state index contributed by atoms with van der Waals surface area (Å²) in [5, 5.41) is 2.87. The number of nitrogens with zero attached hydrogens (tertiary/aromatic N) is 1. The van der Waals surface area contributed by atoms with Crippen molar-refractivity contribution >= 4 is 41.0 Å². The van der Waals surface area contributed by atoms with E-state index in [1.807, 2.05) is 0 Å². The molecule has 0 aromatic heterocycles. The minimum Gasteiger partial charge on any atom is -0.465 e. The molecule has 23 heavy (non-hydrogen) atoms. The molecule has 2 rings (SSSR count). The zero-order chi connectivity index (χ0) is 17.0. The van der Waals surface area contributed by atoms with Gasteiger partial charge in [-0.3, -0.25) is 19.3 Å². The first kappa shape index (κ1) is 17.3. The van der Waals surface area contributed by atoms with Crippen LogP contribution in [-0.2, 0) is 25.7 Å². The van der Waals surface area contributed by atoms with E-state index >= 15 is 0 Å². The largest absolute Gasteiger partial charge is 0.465 e. The molecule has 8 heteroatoms. The quantitative estimate of drug-likeness (QED) is 0.621. The summed E-state index contributed by atoms with van der Waals surface area (Å²) in [5.74, 6) is -1.74. The van der Waals surface area contributed by atoms with E-state index in [4.69, 9.17) is 27.9 Å². The summed E-state index contributed by atoms with van der Waals surface area (Å²) < 4.78 is 4.74. The Morgan fingerprint density at radius 2 is 1.83 bits per heavy atom. The van der Waals surface area contributed by atoms with Crippen LogP contribution in [0.3, 0.4) is 0 Å². The summed E-state index contributed by atoms with van der Waals surface area (Å²) in [6.07, 6.45) is 0. The lowest BCUT2D eigenvalue weighted by molar-refractivity contribution is -0.141. The minimum atomic E-state index is -0.613. The molecule has 1 heterocycles. The Balaban J connectivity index is 2.06. The Labute approximate surface area is 143 Å². The topological polar surface area (TPSA) is 75.7 Å². The van der Waals surface area contributed by atoms with Crippen LogP contribution in [0.1, 0.15) is 12.5 Å². The predicted octanol–water partition coefficient (Wildman–Crippen LogP) is 1.81. The third kappa shape index (κ3) is 4.03. The molecule has 0 saturated heterocycles. The number of amides is 2. The normalized spacial score (nSPS) is 14.5. The van der Waals surface area contributed by atoms with Gasteiger partial charge in [-0.2, -0.15) is 0 Å². The molecule has 0 spiro atoms. The monoisotopic (exact) mass is 356 g/mol. The molecule has 0 bridgehead atoms. The number of hydrogen-bond acceptors (Lipinski definition) is 5. The second-order valence-corrected chi connectivity index (χ2v) is 5.48. The van der Waals surface area contributed by atoms with Crippen LogP contribution in [0.15, 0.2) is 35.0 Å². The number of rotatable bonds is 6. The molecule has 1 N–H and O–H groups in total. The van der Waals surface area contributed by atoms with Crippen LogP contribution in [0.4, 0.5) is 0 Å². The highest BCUT2D eigenvalue weighted by atomic mass is 35.5. The first-order valence-corrected chi connectivity index (χ1v) is 7.59. The van der Waals surface area contributed by atoms with E-state index in [1.54, 1.807) is 31.2 Å². The first-order chi connectivity index (χ1) is 10.9. The van der Waals surface area contributed by atoms with Crippen molar-refractivity contribution < 1.29 is 19.1 Å². The van der Waals surface area contributed by atoms with Gasteiger partial charge in [-0.25, -0.2) is 0 Å². The van der Waals surface area contributed by atoms with Gasteiger partial charge in [0.05, 0.1) is 13.2 Å². The average Bonchev–Trinajstić information content (AvgIpc) is 2.72. The van der Waals surface area contributed by atoms with Crippen LogP contribution in [0.2, 0.25) is 5.02 Å². The molecule has 6 nitrogen and oxygen atoms in total. The lowest BCUT2D eigenvalue weighted by Crippen LogP contribution is -2.34. The zero-order valence-electron chi connectivity index (χ0n) is 12.3. The van der Waals surface area contributed by atoms with Crippen LogP contribution in [0.5, 0.6) is 0 Å². The molecule has 2 amide bonds. The SMILES string of the molecule is CCOC(=O)CNC1=C(Cl)C(=O)N(Cc2ccc(Cl)cc2)C1=O. The molecule has 122 valence electrons. The van der Waals surface area contributed by atoms with Gasteiger partial charge in [-0.05, 0) is 24.6 Å².